The van der Waals surface area contributed by atoms with Crippen molar-refractivity contribution in [1.29, 1.82) is 0 Å². The van der Waals surface area contributed by atoms with Gasteiger partial charge >= 0.3 is 5.97 Å². The Morgan fingerprint density at radius 1 is 1.00 bits per heavy atom. The quantitative estimate of drug-likeness (QED) is 0.310. The van der Waals surface area contributed by atoms with Crippen LogP contribution >= 0.6 is 0 Å². The van der Waals surface area contributed by atoms with Crippen LogP contribution in [-0.4, -0.2) is 21.0 Å². The number of rotatable bonds is 6. The molecule has 4 nitrogen and oxygen atoms in total. The third-order valence-electron chi connectivity index (χ3n) is 5.08. The van der Waals surface area contributed by atoms with Crippen LogP contribution in [0, 0.1) is 0 Å². The van der Waals surface area contributed by atoms with E-state index in [1.165, 1.54) is 11.1 Å². The number of carbonyl (C=O) groups is 1. The van der Waals surface area contributed by atoms with Crippen molar-refractivity contribution in [2.45, 2.75) is 13.3 Å². The maximum absolute atomic E-state index is 10.8. The predicted octanol–water partition coefficient (Wildman–Crippen LogP) is 6.03. The fourth-order valence-corrected chi connectivity index (χ4v) is 3.68. The van der Waals surface area contributed by atoms with E-state index in [4.69, 9.17) is 5.11 Å². The summed E-state index contributed by atoms with van der Waals surface area (Å²) >= 11 is 0. The molecule has 2 aromatic heterocycles. The Hall–Kier alpha value is -3.92. The fraction of sp³-hybridized carbons (Fsp3) is 0.0769. The number of aliphatic carboxylic acids is 1. The largest absolute Gasteiger partial charge is 0.478 e. The normalized spacial score (nSPS) is 12.3. The molecule has 4 rings (SSSR count). The molecule has 0 spiro atoms. The van der Waals surface area contributed by atoms with Crippen LogP contribution in [0.1, 0.15) is 35.6 Å². The minimum atomic E-state index is -0.956. The van der Waals surface area contributed by atoms with E-state index in [0.717, 1.165) is 45.8 Å². The number of aromatic amines is 1. The molecule has 0 amide bonds. The molecule has 0 saturated carbocycles. The summed E-state index contributed by atoms with van der Waals surface area (Å²) in [7, 11) is 0. The van der Waals surface area contributed by atoms with Gasteiger partial charge in [-0.15, -0.1) is 0 Å². The third-order valence-corrected chi connectivity index (χ3v) is 5.08. The number of benzene rings is 2. The number of fused-ring (bicyclic) bond motifs is 1. The highest BCUT2D eigenvalue weighted by atomic mass is 16.4. The van der Waals surface area contributed by atoms with Crippen LogP contribution in [0.2, 0.25) is 0 Å². The Kier molecular flexibility index (Phi) is 5.57. The van der Waals surface area contributed by atoms with E-state index >= 15 is 0 Å². The van der Waals surface area contributed by atoms with Gasteiger partial charge in [-0.05, 0) is 52.5 Å². The standard InChI is InChI=1S/C26H22N2O2/c1-2-23(19-6-4-3-5-7-19)25(22-16-21-14-15-27-26(21)28-17-22)20-11-8-18(9-12-20)10-13-24(29)30/h3-17H,2H2,1H3,(H,27,28)(H,29,30)/b13-10+,25-23+. The predicted molar refractivity (Wildman–Crippen MR) is 122 cm³/mol. The molecule has 148 valence electrons. The highest BCUT2D eigenvalue weighted by Crippen LogP contribution is 2.35. The van der Waals surface area contributed by atoms with Crippen LogP contribution in [0.25, 0.3) is 28.3 Å². The van der Waals surface area contributed by atoms with Crippen LogP contribution < -0.4 is 0 Å². The van der Waals surface area contributed by atoms with Crippen molar-refractivity contribution >= 4 is 34.2 Å². The molecule has 2 heterocycles. The first-order chi connectivity index (χ1) is 14.7. The summed E-state index contributed by atoms with van der Waals surface area (Å²) < 4.78 is 0. The number of pyridine rings is 1. The molecule has 0 bridgehead atoms. The molecule has 0 fully saturated rings. The number of hydrogen-bond donors (Lipinski definition) is 2. The lowest BCUT2D eigenvalue weighted by molar-refractivity contribution is -0.131. The van der Waals surface area contributed by atoms with Gasteiger partial charge in [0.2, 0.25) is 0 Å². The van der Waals surface area contributed by atoms with Crippen LogP contribution in [-0.2, 0) is 4.79 Å². The number of carboxylic acid groups (broad SMARTS) is 1. The van der Waals surface area contributed by atoms with Gasteiger partial charge in [0.25, 0.3) is 0 Å². The lowest BCUT2D eigenvalue weighted by Gasteiger charge is -2.16. The molecule has 4 heteroatoms. The van der Waals surface area contributed by atoms with Gasteiger partial charge in [-0.25, -0.2) is 9.78 Å². The van der Waals surface area contributed by atoms with Gasteiger partial charge in [0.05, 0.1) is 0 Å². The van der Waals surface area contributed by atoms with Crippen molar-refractivity contribution in [3.8, 4) is 0 Å². The second kappa shape index (κ2) is 8.62. The summed E-state index contributed by atoms with van der Waals surface area (Å²) in [4.78, 5) is 18.5. The van der Waals surface area contributed by atoms with E-state index < -0.39 is 5.97 Å². The molecule has 0 aliphatic rings. The van der Waals surface area contributed by atoms with Crippen LogP contribution in [0.4, 0.5) is 0 Å². The topological polar surface area (TPSA) is 66.0 Å². The second-order valence-electron chi connectivity index (χ2n) is 7.01. The summed E-state index contributed by atoms with van der Waals surface area (Å²) in [6.07, 6.45) is 7.42. The number of allylic oxidation sites excluding steroid dienone is 1. The SMILES string of the molecule is CC/C(=C(/c1ccc(/C=C/C(=O)O)cc1)c1cnc2[nH]ccc2c1)c1ccccc1. The van der Waals surface area contributed by atoms with Crippen molar-refractivity contribution in [2.24, 2.45) is 0 Å². The first kappa shape index (κ1) is 19.4. The molecule has 0 radical (unpaired) electrons. The molecule has 0 aliphatic heterocycles. The molecule has 0 aliphatic carbocycles. The lowest BCUT2D eigenvalue weighted by atomic mass is 9.88. The summed E-state index contributed by atoms with van der Waals surface area (Å²) in [5.41, 5.74) is 7.38. The van der Waals surface area contributed by atoms with Crippen molar-refractivity contribution < 1.29 is 9.90 Å². The van der Waals surface area contributed by atoms with Gasteiger partial charge < -0.3 is 10.1 Å². The van der Waals surface area contributed by atoms with E-state index in [1.54, 1.807) is 6.08 Å². The Labute approximate surface area is 175 Å². The monoisotopic (exact) mass is 394 g/mol. The second-order valence-corrected chi connectivity index (χ2v) is 7.01. The average Bonchev–Trinajstić information content (AvgIpc) is 3.25. The van der Waals surface area contributed by atoms with Gasteiger partial charge in [-0.2, -0.15) is 0 Å². The average molecular weight is 394 g/mol. The zero-order valence-electron chi connectivity index (χ0n) is 16.7. The molecule has 2 N–H and O–H groups in total. The molecule has 2 aromatic carbocycles. The van der Waals surface area contributed by atoms with E-state index in [0.29, 0.717) is 0 Å². The maximum Gasteiger partial charge on any atom is 0.328 e. The summed E-state index contributed by atoms with van der Waals surface area (Å²) in [5.74, 6) is -0.956. The van der Waals surface area contributed by atoms with Crippen molar-refractivity contribution in [1.82, 2.24) is 9.97 Å². The molecule has 0 saturated heterocycles. The fourth-order valence-electron chi connectivity index (χ4n) is 3.68. The van der Waals surface area contributed by atoms with Gasteiger partial charge in [-0.3, -0.25) is 0 Å². The van der Waals surface area contributed by atoms with E-state index in [2.05, 4.69) is 47.2 Å². The van der Waals surface area contributed by atoms with Crippen molar-refractivity contribution in [2.75, 3.05) is 0 Å². The highest BCUT2D eigenvalue weighted by Gasteiger charge is 2.14. The first-order valence-electron chi connectivity index (χ1n) is 9.89. The number of nitrogens with zero attached hydrogens (tertiary/aromatic N) is 1. The van der Waals surface area contributed by atoms with Crippen LogP contribution in [0.3, 0.4) is 0 Å². The van der Waals surface area contributed by atoms with Crippen LogP contribution in [0.5, 0.6) is 0 Å². The van der Waals surface area contributed by atoms with Gasteiger partial charge in [0.1, 0.15) is 5.65 Å². The summed E-state index contributed by atoms with van der Waals surface area (Å²) in [6, 6.07) is 22.5. The Morgan fingerprint density at radius 3 is 2.47 bits per heavy atom. The zero-order valence-corrected chi connectivity index (χ0v) is 16.7. The molecule has 0 atom stereocenters. The number of nitrogens with one attached hydrogen (secondary N) is 1. The van der Waals surface area contributed by atoms with E-state index in [9.17, 15) is 4.79 Å². The Balaban J connectivity index is 1.89. The summed E-state index contributed by atoms with van der Waals surface area (Å²) in [5, 5.41) is 9.93. The lowest BCUT2D eigenvalue weighted by Crippen LogP contribution is -1.96. The maximum atomic E-state index is 10.8. The number of carboxylic acids is 1. The minimum Gasteiger partial charge on any atom is -0.478 e. The minimum absolute atomic E-state index is 0.845. The van der Waals surface area contributed by atoms with Crippen LogP contribution in [0.15, 0.2) is 85.2 Å². The van der Waals surface area contributed by atoms with E-state index in [1.807, 2.05) is 48.8 Å². The molecular formula is C26H22N2O2. The number of hydrogen-bond acceptors (Lipinski definition) is 2. The zero-order chi connectivity index (χ0) is 20.9. The van der Waals surface area contributed by atoms with Crippen molar-refractivity contribution in [3.63, 3.8) is 0 Å². The Bertz CT molecular complexity index is 1230. The number of H-pyrrole nitrogens is 1. The smallest absolute Gasteiger partial charge is 0.328 e. The first-order valence-corrected chi connectivity index (χ1v) is 9.89. The Morgan fingerprint density at radius 2 is 1.77 bits per heavy atom. The van der Waals surface area contributed by atoms with Gasteiger partial charge in [-0.1, -0.05) is 61.5 Å². The number of aromatic nitrogens is 2. The molecule has 4 aromatic rings. The van der Waals surface area contributed by atoms with E-state index in [-0.39, 0.29) is 0 Å². The molecular weight excluding hydrogens is 372 g/mol. The molecule has 0 unspecified atom stereocenters. The molecule has 30 heavy (non-hydrogen) atoms. The van der Waals surface area contributed by atoms with Crippen molar-refractivity contribution in [3.05, 3.63) is 107 Å². The van der Waals surface area contributed by atoms with Gasteiger partial charge in [0, 0.05) is 29.4 Å². The van der Waals surface area contributed by atoms with Gasteiger partial charge in [0.15, 0.2) is 0 Å². The summed E-state index contributed by atoms with van der Waals surface area (Å²) in [6.45, 7) is 2.16. The highest BCUT2D eigenvalue weighted by molar-refractivity contribution is 6.00. The third kappa shape index (κ3) is 4.08.